The largest absolute Gasteiger partial charge is 0.381 e. The molecule has 1 aliphatic rings. The van der Waals surface area contributed by atoms with E-state index in [2.05, 4.69) is 49.7 Å². The summed E-state index contributed by atoms with van der Waals surface area (Å²) in [6, 6.07) is 0.409. The summed E-state index contributed by atoms with van der Waals surface area (Å²) in [5.41, 5.74) is 3.78. The first kappa shape index (κ1) is 12.4. The SMILES string of the molecule is Cc1nn(C(C)C)c(C)c1NCC1(C)COC1. The van der Waals surface area contributed by atoms with Crippen molar-refractivity contribution in [2.45, 2.75) is 40.7 Å². The highest BCUT2D eigenvalue weighted by atomic mass is 16.5. The Balaban J connectivity index is 2.10. The van der Waals surface area contributed by atoms with Crippen LogP contribution in [0.2, 0.25) is 0 Å². The number of aromatic nitrogens is 2. The van der Waals surface area contributed by atoms with Crippen molar-refractivity contribution < 1.29 is 4.74 Å². The minimum atomic E-state index is 0.290. The van der Waals surface area contributed by atoms with Gasteiger partial charge in [0.15, 0.2) is 0 Å². The number of nitrogens with zero attached hydrogens (tertiary/aromatic N) is 2. The van der Waals surface area contributed by atoms with E-state index < -0.39 is 0 Å². The molecule has 1 aliphatic heterocycles. The van der Waals surface area contributed by atoms with Crippen LogP contribution in [0.15, 0.2) is 0 Å². The van der Waals surface area contributed by atoms with E-state index in [0.29, 0.717) is 11.5 Å². The lowest BCUT2D eigenvalue weighted by molar-refractivity contribution is -0.0924. The van der Waals surface area contributed by atoms with E-state index in [1.807, 2.05) is 0 Å². The van der Waals surface area contributed by atoms with E-state index in [9.17, 15) is 0 Å². The van der Waals surface area contributed by atoms with E-state index in [4.69, 9.17) is 4.74 Å². The summed E-state index contributed by atoms with van der Waals surface area (Å²) in [6.45, 7) is 13.4. The standard InChI is InChI=1S/C13H23N3O/c1-9(2)16-11(4)12(10(3)15-16)14-6-13(5)7-17-8-13/h9,14H,6-8H2,1-5H3. The molecule has 4 nitrogen and oxygen atoms in total. The molecule has 0 aromatic carbocycles. The molecule has 2 rings (SSSR count). The summed E-state index contributed by atoms with van der Waals surface area (Å²) in [4.78, 5) is 0. The predicted octanol–water partition coefficient (Wildman–Crippen LogP) is 2.53. The van der Waals surface area contributed by atoms with Gasteiger partial charge in [-0.05, 0) is 27.7 Å². The first-order chi connectivity index (χ1) is 7.93. The number of nitrogens with one attached hydrogen (secondary N) is 1. The van der Waals surface area contributed by atoms with Crippen LogP contribution in [0.3, 0.4) is 0 Å². The summed E-state index contributed by atoms with van der Waals surface area (Å²) < 4.78 is 7.35. The molecule has 0 aliphatic carbocycles. The van der Waals surface area contributed by atoms with E-state index in [1.54, 1.807) is 0 Å². The number of hydrogen-bond acceptors (Lipinski definition) is 3. The zero-order valence-corrected chi connectivity index (χ0v) is 11.5. The topological polar surface area (TPSA) is 39.1 Å². The molecular formula is C13H23N3O. The van der Waals surface area contributed by atoms with Gasteiger partial charge in [-0.2, -0.15) is 5.10 Å². The molecule has 1 saturated heterocycles. The van der Waals surface area contributed by atoms with Gasteiger partial charge in [0.25, 0.3) is 0 Å². The Bertz CT molecular complexity index is 405. The van der Waals surface area contributed by atoms with Crippen molar-refractivity contribution in [3.05, 3.63) is 11.4 Å². The zero-order chi connectivity index (χ0) is 12.6. The van der Waals surface area contributed by atoms with Gasteiger partial charge in [-0.25, -0.2) is 0 Å². The number of aryl methyl sites for hydroxylation is 1. The van der Waals surface area contributed by atoms with Crippen molar-refractivity contribution in [2.24, 2.45) is 5.41 Å². The van der Waals surface area contributed by atoms with Crippen LogP contribution < -0.4 is 5.32 Å². The second kappa shape index (κ2) is 4.33. The van der Waals surface area contributed by atoms with E-state index in [-0.39, 0.29) is 0 Å². The van der Waals surface area contributed by atoms with Crippen LogP contribution in [-0.2, 0) is 4.74 Å². The lowest BCUT2D eigenvalue weighted by Gasteiger charge is -2.38. The first-order valence-electron chi connectivity index (χ1n) is 6.30. The molecule has 0 spiro atoms. The Hall–Kier alpha value is -1.03. The van der Waals surface area contributed by atoms with Crippen LogP contribution in [0.25, 0.3) is 0 Å². The number of rotatable bonds is 4. The van der Waals surface area contributed by atoms with Crippen LogP contribution in [0, 0.1) is 19.3 Å². The van der Waals surface area contributed by atoms with Crippen molar-refractivity contribution >= 4 is 5.69 Å². The van der Waals surface area contributed by atoms with Gasteiger partial charge in [-0.1, -0.05) is 6.92 Å². The van der Waals surface area contributed by atoms with Crippen molar-refractivity contribution in [3.63, 3.8) is 0 Å². The molecule has 0 unspecified atom stereocenters. The monoisotopic (exact) mass is 237 g/mol. The van der Waals surface area contributed by atoms with Gasteiger partial charge in [0.05, 0.1) is 30.3 Å². The van der Waals surface area contributed by atoms with Crippen molar-refractivity contribution in [1.29, 1.82) is 0 Å². The number of ether oxygens (including phenoxy) is 1. The Labute approximate surface area is 103 Å². The zero-order valence-electron chi connectivity index (χ0n) is 11.5. The lowest BCUT2D eigenvalue weighted by Crippen LogP contribution is -2.45. The molecule has 0 amide bonds. The Morgan fingerprint density at radius 1 is 1.41 bits per heavy atom. The molecule has 0 atom stereocenters. The molecule has 17 heavy (non-hydrogen) atoms. The second-order valence-corrected chi connectivity index (χ2v) is 5.74. The third-order valence-corrected chi connectivity index (χ3v) is 3.41. The molecule has 0 bridgehead atoms. The van der Waals surface area contributed by atoms with Crippen LogP contribution >= 0.6 is 0 Å². The second-order valence-electron chi connectivity index (χ2n) is 5.74. The predicted molar refractivity (Wildman–Crippen MR) is 69.5 cm³/mol. The van der Waals surface area contributed by atoms with Crippen LogP contribution in [0.5, 0.6) is 0 Å². The van der Waals surface area contributed by atoms with Gasteiger partial charge < -0.3 is 10.1 Å². The van der Waals surface area contributed by atoms with Gasteiger partial charge in [0.2, 0.25) is 0 Å². The first-order valence-corrected chi connectivity index (χ1v) is 6.30. The van der Waals surface area contributed by atoms with Crippen molar-refractivity contribution in [3.8, 4) is 0 Å². The summed E-state index contributed by atoms with van der Waals surface area (Å²) >= 11 is 0. The molecule has 1 aromatic rings. The lowest BCUT2D eigenvalue weighted by atomic mass is 9.88. The van der Waals surface area contributed by atoms with Gasteiger partial charge in [-0.15, -0.1) is 0 Å². The quantitative estimate of drug-likeness (QED) is 0.874. The van der Waals surface area contributed by atoms with E-state index in [0.717, 1.165) is 25.5 Å². The molecular weight excluding hydrogens is 214 g/mol. The minimum Gasteiger partial charge on any atom is -0.381 e. The normalized spacial score (nSPS) is 18.2. The highest BCUT2D eigenvalue weighted by molar-refractivity contribution is 5.52. The number of hydrogen-bond donors (Lipinski definition) is 1. The van der Waals surface area contributed by atoms with E-state index >= 15 is 0 Å². The Morgan fingerprint density at radius 3 is 2.47 bits per heavy atom. The molecule has 4 heteroatoms. The smallest absolute Gasteiger partial charge is 0.0828 e. The van der Waals surface area contributed by atoms with Gasteiger partial charge in [0.1, 0.15) is 0 Å². The molecule has 1 N–H and O–H groups in total. The molecule has 1 aromatic heterocycles. The van der Waals surface area contributed by atoms with Crippen molar-refractivity contribution in [2.75, 3.05) is 25.1 Å². The fourth-order valence-electron chi connectivity index (χ4n) is 2.28. The number of anilines is 1. The van der Waals surface area contributed by atoms with Crippen molar-refractivity contribution in [1.82, 2.24) is 9.78 Å². The van der Waals surface area contributed by atoms with Crippen LogP contribution in [0.4, 0.5) is 5.69 Å². The van der Waals surface area contributed by atoms with Gasteiger partial charge >= 0.3 is 0 Å². The maximum Gasteiger partial charge on any atom is 0.0828 e. The average Bonchev–Trinajstić information content (AvgIpc) is 2.49. The molecule has 0 radical (unpaired) electrons. The van der Waals surface area contributed by atoms with Gasteiger partial charge in [-0.3, -0.25) is 4.68 Å². The fourth-order valence-corrected chi connectivity index (χ4v) is 2.28. The maximum absolute atomic E-state index is 5.27. The minimum absolute atomic E-state index is 0.290. The molecule has 2 heterocycles. The fraction of sp³-hybridized carbons (Fsp3) is 0.769. The van der Waals surface area contributed by atoms with Crippen LogP contribution in [-0.4, -0.2) is 29.5 Å². The molecule has 0 saturated carbocycles. The Morgan fingerprint density at radius 2 is 2.06 bits per heavy atom. The highest BCUT2D eigenvalue weighted by Crippen LogP contribution is 2.29. The maximum atomic E-state index is 5.27. The molecule has 96 valence electrons. The summed E-state index contributed by atoms with van der Waals surface area (Å²) in [6.07, 6.45) is 0. The summed E-state index contributed by atoms with van der Waals surface area (Å²) in [5.74, 6) is 0. The molecule has 1 fully saturated rings. The summed E-state index contributed by atoms with van der Waals surface area (Å²) in [7, 11) is 0. The third-order valence-electron chi connectivity index (χ3n) is 3.41. The average molecular weight is 237 g/mol. The van der Waals surface area contributed by atoms with Gasteiger partial charge in [0, 0.05) is 18.0 Å². The van der Waals surface area contributed by atoms with E-state index in [1.165, 1.54) is 11.4 Å². The third kappa shape index (κ3) is 2.32. The summed E-state index contributed by atoms with van der Waals surface area (Å²) in [5, 5.41) is 8.11. The Kier molecular flexibility index (Phi) is 3.17. The highest BCUT2D eigenvalue weighted by Gasteiger charge is 2.33. The van der Waals surface area contributed by atoms with Crippen LogP contribution in [0.1, 0.15) is 38.2 Å².